The van der Waals surface area contributed by atoms with E-state index in [9.17, 15) is 0 Å². The first kappa shape index (κ1) is 7.20. The maximum Gasteiger partial charge on any atom is 0.0327 e. The summed E-state index contributed by atoms with van der Waals surface area (Å²) in [6.07, 6.45) is 6.55. The van der Waals surface area contributed by atoms with Gasteiger partial charge in [0.2, 0.25) is 0 Å². The average molecular weight is 151 g/mol. The van der Waals surface area contributed by atoms with Gasteiger partial charge in [0.1, 0.15) is 0 Å². The largest absolute Gasteiger partial charge is 0.374 e. The molecule has 1 heteroatoms. The molecule has 2 bridgehead atoms. The molecule has 2 aliphatic rings. The third kappa shape index (κ3) is 0.979. The molecule has 1 fully saturated rings. The van der Waals surface area contributed by atoms with E-state index in [-0.39, 0.29) is 0 Å². The minimum Gasteiger partial charge on any atom is -0.374 e. The Hall–Kier alpha value is -0.460. The summed E-state index contributed by atoms with van der Waals surface area (Å²) >= 11 is 0. The minimum atomic E-state index is 0.875. The first-order valence-corrected chi connectivity index (χ1v) is 4.81. The van der Waals surface area contributed by atoms with Gasteiger partial charge in [0.05, 0.1) is 0 Å². The summed E-state index contributed by atoms with van der Waals surface area (Å²) in [7, 11) is 0. The number of rotatable bonds is 2. The Kier molecular flexibility index (Phi) is 1.67. The molecule has 1 saturated carbocycles. The molecule has 0 radical (unpaired) electrons. The number of hydrogen-bond acceptors (Lipinski definition) is 1. The Bertz CT molecular complexity index is 181. The molecule has 0 aromatic rings. The molecule has 1 nitrogen and oxygen atoms in total. The van der Waals surface area contributed by atoms with Crippen molar-refractivity contribution in [3.05, 3.63) is 11.8 Å². The molecule has 1 aliphatic carbocycles. The van der Waals surface area contributed by atoms with Gasteiger partial charge in [-0.25, -0.2) is 0 Å². The zero-order valence-electron chi connectivity index (χ0n) is 7.51. The van der Waals surface area contributed by atoms with Crippen molar-refractivity contribution in [3.8, 4) is 0 Å². The van der Waals surface area contributed by atoms with Crippen LogP contribution in [0.1, 0.15) is 33.1 Å². The van der Waals surface area contributed by atoms with Gasteiger partial charge in [0, 0.05) is 12.6 Å². The molecule has 62 valence electrons. The van der Waals surface area contributed by atoms with Crippen LogP contribution in [0.4, 0.5) is 0 Å². The molecule has 1 heterocycles. The monoisotopic (exact) mass is 151 g/mol. The summed E-state index contributed by atoms with van der Waals surface area (Å²) in [4.78, 5) is 2.50. The van der Waals surface area contributed by atoms with Gasteiger partial charge in [-0.3, -0.25) is 0 Å². The minimum absolute atomic E-state index is 0.875. The predicted molar refractivity (Wildman–Crippen MR) is 47.3 cm³/mol. The molecule has 0 N–H and O–H groups in total. The summed E-state index contributed by atoms with van der Waals surface area (Å²) in [6, 6.07) is 0.875. The highest BCUT2D eigenvalue weighted by atomic mass is 15.2. The number of nitrogens with zero attached hydrogens (tertiary/aromatic N) is 1. The van der Waals surface area contributed by atoms with Crippen molar-refractivity contribution in [2.45, 2.75) is 39.2 Å². The van der Waals surface area contributed by atoms with Gasteiger partial charge in [-0.05, 0) is 43.9 Å². The summed E-state index contributed by atoms with van der Waals surface area (Å²) in [5.41, 5.74) is 1.72. The first-order valence-electron chi connectivity index (χ1n) is 4.81. The van der Waals surface area contributed by atoms with Crippen LogP contribution in [0, 0.1) is 5.92 Å². The molecular formula is C10H17N. The average Bonchev–Trinajstić information content (AvgIpc) is 2.60. The van der Waals surface area contributed by atoms with Crippen molar-refractivity contribution in [3.63, 3.8) is 0 Å². The highest BCUT2D eigenvalue weighted by Gasteiger charge is 2.35. The van der Waals surface area contributed by atoms with Crippen molar-refractivity contribution in [1.29, 1.82) is 0 Å². The first-order chi connectivity index (χ1) is 5.35. The second-order valence-corrected chi connectivity index (χ2v) is 3.73. The van der Waals surface area contributed by atoms with Gasteiger partial charge in [0.25, 0.3) is 0 Å². The van der Waals surface area contributed by atoms with E-state index in [1.165, 1.54) is 25.8 Å². The lowest BCUT2D eigenvalue weighted by Gasteiger charge is -2.26. The summed E-state index contributed by atoms with van der Waals surface area (Å²) in [6.45, 7) is 5.76. The van der Waals surface area contributed by atoms with Crippen molar-refractivity contribution in [1.82, 2.24) is 4.90 Å². The molecule has 2 unspecified atom stereocenters. The second-order valence-electron chi connectivity index (χ2n) is 3.73. The Morgan fingerprint density at radius 1 is 1.55 bits per heavy atom. The standard InChI is InChI=1S/C10H17N/c1-3-8-5-10-6-9(8)7-11(10)4-2/h7-8,10H,3-6H2,1-2H3. The van der Waals surface area contributed by atoms with Crippen LogP contribution in [0.15, 0.2) is 11.8 Å². The quantitative estimate of drug-likeness (QED) is 0.585. The Labute approximate surface area is 69.1 Å². The smallest absolute Gasteiger partial charge is 0.0327 e. The van der Waals surface area contributed by atoms with Crippen LogP contribution < -0.4 is 0 Å². The fraction of sp³-hybridized carbons (Fsp3) is 0.800. The van der Waals surface area contributed by atoms with E-state index >= 15 is 0 Å². The third-order valence-electron chi connectivity index (χ3n) is 3.21. The van der Waals surface area contributed by atoms with Crippen LogP contribution in [0.5, 0.6) is 0 Å². The number of hydrogen-bond donors (Lipinski definition) is 0. The summed E-state index contributed by atoms with van der Waals surface area (Å²) in [5.74, 6) is 0.933. The van der Waals surface area contributed by atoms with Crippen LogP contribution in [0.25, 0.3) is 0 Å². The fourth-order valence-electron chi connectivity index (χ4n) is 2.51. The van der Waals surface area contributed by atoms with Crippen molar-refractivity contribution in [2.24, 2.45) is 5.92 Å². The van der Waals surface area contributed by atoms with E-state index < -0.39 is 0 Å². The van der Waals surface area contributed by atoms with Gasteiger partial charge < -0.3 is 4.90 Å². The number of fused-ring (bicyclic) bond motifs is 2. The van der Waals surface area contributed by atoms with E-state index in [2.05, 4.69) is 24.9 Å². The van der Waals surface area contributed by atoms with E-state index in [1.54, 1.807) is 5.57 Å². The lowest BCUT2D eigenvalue weighted by atomic mass is 9.99. The molecular weight excluding hydrogens is 134 g/mol. The zero-order valence-corrected chi connectivity index (χ0v) is 7.51. The van der Waals surface area contributed by atoms with Gasteiger partial charge in [-0.1, -0.05) is 6.92 Å². The molecule has 1 aliphatic heterocycles. The maximum absolute atomic E-state index is 2.50. The van der Waals surface area contributed by atoms with Crippen LogP contribution in [0.2, 0.25) is 0 Å². The molecule has 2 rings (SSSR count). The van der Waals surface area contributed by atoms with Gasteiger partial charge in [0.15, 0.2) is 0 Å². The van der Waals surface area contributed by atoms with Crippen LogP contribution in [0.3, 0.4) is 0 Å². The van der Waals surface area contributed by atoms with Crippen LogP contribution in [-0.2, 0) is 0 Å². The van der Waals surface area contributed by atoms with Crippen molar-refractivity contribution >= 4 is 0 Å². The Morgan fingerprint density at radius 2 is 2.36 bits per heavy atom. The van der Waals surface area contributed by atoms with Gasteiger partial charge in [-0.2, -0.15) is 0 Å². The highest BCUT2D eigenvalue weighted by molar-refractivity contribution is 5.21. The van der Waals surface area contributed by atoms with Crippen LogP contribution in [-0.4, -0.2) is 17.5 Å². The topological polar surface area (TPSA) is 3.24 Å². The fourth-order valence-corrected chi connectivity index (χ4v) is 2.51. The van der Waals surface area contributed by atoms with Crippen LogP contribution >= 0.6 is 0 Å². The summed E-state index contributed by atoms with van der Waals surface area (Å²) in [5, 5.41) is 0. The van der Waals surface area contributed by atoms with E-state index in [1.807, 2.05) is 0 Å². The predicted octanol–water partition coefficient (Wildman–Crippen LogP) is 2.39. The SMILES string of the molecule is CCC1CC2CC1=CN2CC. The molecule has 0 saturated heterocycles. The van der Waals surface area contributed by atoms with E-state index in [0.717, 1.165) is 12.0 Å². The summed E-state index contributed by atoms with van der Waals surface area (Å²) < 4.78 is 0. The van der Waals surface area contributed by atoms with E-state index in [0.29, 0.717) is 0 Å². The van der Waals surface area contributed by atoms with Crippen molar-refractivity contribution < 1.29 is 0 Å². The zero-order chi connectivity index (χ0) is 7.84. The van der Waals surface area contributed by atoms with Gasteiger partial charge in [-0.15, -0.1) is 0 Å². The molecule has 0 amide bonds. The van der Waals surface area contributed by atoms with Gasteiger partial charge >= 0.3 is 0 Å². The molecule has 0 aromatic heterocycles. The molecule has 11 heavy (non-hydrogen) atoms. The lowest BCUT2D eigenvalue weighted by Crippen LogP contribution is -2.27. The second kappa shape index (κ2) is 2.54. The molecule has 2 atom stereocenters. The Balaban J connectivity index is 2.11. The van der Waals surface area contributed by atoms with Crippen molar-refractivity contribution in [2.75, 3.05) is 6.54 Å². The third-order valence-corrected chi connectivity index (χ3v) is 3.21. The normalized spacial score (nSPS) is 34.7. The van der Waals surface area contributed by atoms with E-state index in [4.69, 9.17) is 0 Å². The molecule has 0 aromatic carbocycles. The Morgan fingerprint density at radius 3 is 2.82 bits per heavy atom. The lowest BCUT2D eigenvalue weighted by molar-refractivity contribution is 0.285. The highest BCUT2D eigenvalue weighted by Crippen LogP contribution is 2.41. The molecule has 0 spiro atoms. The maximum atomic E-state index is 2.50.